The number of anilines is 6. The molecule has 5 heterocycles. The lowest BCUT2D eigenvalue weighted by Crippen LogP contribution is -2.61. The number of ether oxygens (including phenoxy) is 2. The van der Waals surface area contributed by atoms with Gasteiger partial charge in [0.25, 0.3) is 6.71 Å². The van der Waals surface area contributed by atoms with Crippen molar-refractivity contribution in [3.8, 4) is 45.3 Å². The van der Waals surface area contributed by atoms with E-state index in [9.17, 15) is 0 Å². The van der Waals surface area contributed by atoms with E-state index in [1.165, 1.54) is 22.0 Å². The molecule has 0 aliphatic carbocycles. The smallest absolute Gasteiger partial charge is 0.252 e. The van der Waals surface area contributed by atoms with Gasteiger partial charge in [0.15, 0.2) is 11.5 Å². The summed E-state index contributed by atoms with van der Waals surface area (Å²) in [4.78, 5) is 4.94. The van der Waals surface area contributed by atoms with Crippen LogP contribution in [0.2, 0.25) is 0 Å². The topological polar surface area (TPSA) is 51.2 Å². The Morgan fingerprint density at radius 3 is 1.83 bits per heavy atom. The number of benzene rings is 8. The van der Waals surface area contributed by atoms with Crippen molar-refractivity contribution in [2.24, 2.45) is 0 Å². The van der Waals surface area contributed by atoms with Crippen LogP contribution in [0.15, 0.2) is 185 Å². The van der Waals surface area contributed by atoms with Crippen LogP contribution in [0.1, 0.15) is 31.9 Å². The van der Waals surface area contributed by atoms with E-state index in [-0.39, 0.29) is 18.9 Å². The minimum Gasteiger partial charge on any atom is -0.456 e. The summed E-state index contributed by atoms with van der Waals surface area (Å²) in [5.74, 6) is 3.16. The molecule has 7 heteroatoms. The highest BCUT2D eigenvalue weighted by molar-refractivity contribution is 7.00. The first kappa shape index (κ1) is 37.6. The Balaban J connectivity index is 1.10. The molecule has 2 aromatic heterocycles. The van der Waals surface area contributed by atoms with Gasteiger partial charge in [0.05, 0.1) is 5.69 Å². The van der Waals surface area contributed by atoms with Crippen LogP contribution in [0, 0.1) is 6.92 Å². The Hall–Kier alpha value is -7.90. The molecular formula is C58H43BN2O4. The molecule has 0 bridgehead atoms. The molecule has 0 saturated carbocycles. The van der Waals surface area contributed by atoms with E-state index >= 15 is 0 Å². The van der Waals surface area contributed by atoms with Crippen molar-refractivity contribution in [2.75, 3.05) is 16.6 Å². The maximum atomic E-state index is 6.56. The van der Waals surface area contributed by atoms with Gasteiger partial charge in [-0.05, 0) is 112 Å². The van der Waals surface area contributed by atoms with Crippen LogP contribution in [-0.2, 0) is 5.41 Å². The van der Waals surface area contributed by atoms with Gasteiger partial charge in [0.1, 0.15) is 22.7 Å². The third-order valence-corrected chi connectivity index (χ3v) is 13.4. The van der Waals surface area contributed by atoms with Gasteiger partial charge in [-0.25, -0.2) is 0 Å². The van der Waals surface area contributed by atoms with Gasteiger partial charge in [-0.1, -0.05) is 124 Å². The third-order valence-electron chi connectivity index (χ3n) is 13.4. The first-order chi connectivity index (χ1) is 31.7. The van der Waals surface area contributed by atoms with Gasteiger partial charge in [-0.15, -0.1) is 0 Å². The highest BCUT2D eigenvalue weighted by atomic mass is 16.7. The molecule has 0 spiro atoms. The second kappa shape index (κ2) is 14.1. The molecule has 312 valence electrons. The zero-order valence-corrected chi connectivity index (χ0v) is 36.6. The molecule has 0 amide bonds. The van der Waals surface area contributed by atoms with Crippen LogP contribution in [0.3, 0.4) is 0 Å². The van der Waals surface area contributed by atoms with Crippen molar-refractivity contribution in [2.45, 2.75) is 33.1 Å². The summed E-state index contributed by atoms with van der Waals surface area (Å²) in [6.07, 6.45) is 0. The lowest BCUT2D eigenvalue weighted by Gasteiger charge is -2.45. The molecule has 3 aliphatic heterocycles. The standard InChI is InChI=1S/C58H43BN2O4/c1-35-25-49-57-50(26-35)61(47-33-56-55(62-34-63-56)32-43(47)36-13-6-5-7-14-36)46-24-22-41(58(2,3)4)31-45(46)59(57)44-23-21-40(54-30-39-16-9-11-20-52(39)65-54)28-48(44)60(49)42-18-12-17-37(27-42)53-29-38-15-8-10-19-51(38)64-53/h5-33H,34H2,1-4H3. The van der Waals surface area contributed by atoms with Crippen molar-refractivity contribution < 1.29 is 18.3 Å². The summed E-state index contributed by atoms with van der Waals surface area (Å²) in [7, 11) is 0. The summed E-state index contributed by atoms with van der Waals surface area (Å²) < 4.78 is 25.2. The molecule has 0 N–H and O–H groups in total. The lowest BCUT2D eigenvalue weighted by molar-refractivity contribution is 0.174. The Labute approximate surface area is 378 Å². The van der Waals surface area contributed by atoms with Crippen LogP contribution in [0.5, 0.6) is 11.5 Å². The van der Waals surface area contributed by atoms with Crippen LogP contribution in [0.4, 0.5) is 34.1 Å². The fourth-order valence-electron chi connectivity index (χ4n) is 10.3. The molecule has 13 rings (SSSR count). The fourth-order valence-corrected chi connectivity index (χ4v) is 10.3. The Kier molecular flexibility index (Phi) is 8.14. The minimum absolute atomic E-state index is 0.0853. The number of fused-ring (bicyclic) bond motifs is 7. The van der Waals surface area contributed by atoms with E-state index in [0.29, 0.717) is 0 Å². The van der Waals surface area contributed by atoms with Crippen molar-refractivity contribution in [1.82, 2.24) is 0 Å². The summed E-state index contributed by atoms with van der Waals surface area (Å²) in [5.41, 5.74) is 18.5. The fraction of sp³-hybridized carbons (Fsp3) is 0.103. The zero-order chi connectivity index (χ0) is 43.6. The quantitative estimate of drug-likeness (QED) is 0.161. The number of aryl methyl sites for hydroxylation is 1. The predicted molar refractivity (Wildman–Crippen MR) is 266 cm³/mol. The second-order valence-corrected chi connectivity index (χ2v) is 18.6. The summed E-state index contributed by atoms with van der Waals surface area (Å²) in [6.45, 7) is 9.22. The molecule has 3 aliphatic rings. The molecule has 0 radical (unpaired) electrons. The van der Waals surface area contributed by atoms with Gasteiger partial charge in [0, 0.05) is 62.0 Å². The van der Waals surface area contributed by atoms with Crippen molar-refractivity contribution in [3.05, 3.63) is 187 Å². The molecule has 0 saturated heterocycles. The van der Waals surface area contributed by atoms with Gasteiger partial charge >= 0.3 is 0 Å². The van der Waals surface area contributed by atoms with Crippen LogP contribution >= 0.6 is 0 Å². The SMILES string of the molecule is Cc1cc2c3c(c1)N(c1cc4c(cc1-c1ccccc1)OCO4)c1ccc(C(C)(C)C)cc1B3c1ccc(-c3cc4ccccc4o3)cc1N2c1cccc(-c2cc3ccccc3o2)c1. The number of para-hydroxylation sites is 2. The van der Waals surface area contributed by atoms with E-state index in [2.05, 4.69) is 189 Å². The predicted octanol–water partition coefficient (Wildman–Crippen LogP) is 13.6. The van der Waals surface area contributed by atoms with Crippen LogP contribution in [-0.4, -0.2) is 13.5 Å². The molecule has 6 nitrogen and oxygen atoms in total. The summed E-state index contributed by atoms with van der Waals surface area (Å²) >= 11 is 0. The van der Waals surface area contributed by atoms with Gasteiger partial charge in [0.2, 0.25) is 6.79 Å². The molecular weight excluding hydrogens is 799 g/mol. The Bertz CT molecular complexity index is 3500. The first-order valence-corrected chi connectivity index (χ1v) is 22.3. The third kappa shape index (κ3) is 5.95. The maximum Gasteiger partial charge on any atom is 0.252 e. The number of hydrogen-bond acceptors (Lipinski definition) is 6. The van der Waals surface area contributed by atoms with E-state index in [1.54, 1.807) is 0 Å². The van der Waals surface area contributed by atoms with Crippen LogP contribution in [0.25, 0.3) is 55.7 Å². The largest absolute Gasteiger partial charge is 0.456 e. The van der Waals surface area contributed by atoms with Gasteiger partial charge < -0.3 is 28.1 Å². The molecule has 8 aromatic carbocycles. The average Bonchev–Trinajstić information content (AvgIpc) is 4.09. The maximum absolute atomic E-state index is 6.56. The average molecular weight is 843 g/mol. The zero-order valence-electron chi connectivity index (χ0n) is 36.6. The first-order valence-electron chi connectivity index (χ1n) is 22.3. The van der Waals surface area contributed by atoms with E-state index in [0.717, 1.165) is 107 Å². The second-order valence-electron chi connectivity index (χ2n) is 18.6. The van der Waals surface area contributed by atoms with Gasteiger partial charge in [-0.2, -0.15) is 0 Å². The van der Waals surface area contributed by atoms with E-state index in [1.807, 2.05) is 24.3 Å². The number of rotatable bonds is 5. The van der Waals surface area contributed by atoms with Crippen LogP contribution < -0.4 is 35.7 Å². The highest BCUT2D eigenvalue weighted by Gasteiger charge is 2.45. The van der Waals surface area contributed by atoms with Crippen molar-refractivity contribution in [1.29, 1.82) is 0 Å². The minimum atomic E-state index is -0.0873. The highest BCUT2D eigenvalue weighted by Crippen LogP contribution is 2.51. The lowest BCUT2D eigenvalue weighted by atomic mass is 9.33. The molecule has 0 unspecified atom stereocenters. The molecule has 0 fully saturated rings. The molecule has 0 atom stereocenters. The molecule has 10 aromatic rings. The number of hydrogen-bond donors (Lipinski definition) is 0. The summed E-state index contributed by atoms with van der Waals surface area (Å²) in [6, 6.07) is 63.2. The van der Waals surface area contributed by atoms with Crippen molar-refractivity contribution >= 4 is 79.2 Å². The normalized spacial score (nSPS) is 13.6. The molecule has 65 heavy (non-hydrogen) atoms. The van der Waals surface area contributed by atoms with E-state index < -0.39 is 0 Å². The number of nitrogens with zero attached hydrogens (tertiary/aromatic N) is 2. The number of furan rings is 2. The van der Waals surface area contributed by atoms with Crippen molar-refractivity contribution in [3.63, 3.8) is 0 Å². The Morgan fingerprint density at radius 2 is 1.12 bits per heavy atom. The summed E-state index contributed by atoms with van der Waals surface area (Å²) in [5, 5.41) is 2.16. The van der Waals surface area contributed by atoms with E-state index in [4.69, 9.17) is 18.3 Å². The Morgan fingerprint density at radius 1 is 0.477 bits per heavy atom. The van der Waals surface area contributed by atoms with Gasteiger partial charge in [-0.3, -0.25) is 0 Å². The monoisotopic (exact) mass is 842 g/mol.